The minimum absolute atomic E-state index is 0.0590. The highest BCUT2D eigenvalue weighted by Crippen LogP contribution is 2.29. The molecule has 1 N–H and O–H groups in total. The number of hydrogen-bond donors (Lipinski definition) is 1. The van der Waals surface area contributed by atoms with E-state index in [2.05, 4.69) is 10.1 Å². The van der Waals surface area contributed by atoms with Crippen LogP contribution in [0, 0.1) is 0 Å². The van der Waals surface area contributed by atoms with Crippen molar-refractivity contribution in [2.45, 2.75) is 0 Å². The van der Waals surface area contributed by atoms with Gasteiger partial charge in [0.1, 0.15) is 5.52 Å². The molecule has 0 spiro atoms. The lowest BCUT2D eigenvalue weighted by Gasteiger charge is -2.26. The lowest BCUT2D eigenvalue weighted by Crippen LogP contribution is -2.40. The van der Waals surface area contributed by atoms with E-state index in [1.807, 2.05) is 49.8 Å². The van der Waals surface area contributed by atoms with Gasteiger partial charge in [0.15, 0.2) is 0 Å². The smallest absolute Gasteiger partial charge is 0.255 e. The van der Waals surface area contributed by atoms with Crippen molar-refractivity contribution in [1.29, 1.82) is 0 Å². The Morgan fingerprint density at radius 3 is 2.52 bits per heavy atom. The number of benzene rings is 1. The highest BCUT2D eigenvalue weighted by atomic mass is 16.5. The van der Waals surface area contributed by atoms with E-state index in [1.54, 1.807) is 22.0 Å². The van der Waals surface area contributed by atoms with Crippen LogP contribution in [-0.4, -0.2) is 57.1 Å². The molecule has 0 bridgehead atoms. The number of ether oxygens (including phenoxy) is 1. The van der Waals surface area contributed by atoms with Crippen LogP contribution in [0.5, 0.6) is 0 Å². The number of fused-ring (bicyclic) bond motifs is 1. The molecule has 0 saturated carbocycles. The SMILES string of the molecule is Cn1cc(-c2ccc(-c3c[n+](O)cc4ncc(C(=O)N5CCOCC5)cc34)cc2)cn1. The highest BCUT2D eigenvalue weighted by molar-refractivity contribution is 6.01. The van der Waals surface area contributed by atoms with Gasteiger partial charge in [0.25, 0.3) is 5.91 Å². The molecule has 0 radical (unpaired) electrons. The summed E-state index contributed by atoms with van der Waals surface area (Å²) in [5.74, 6) is -0.0590. The molecule has 3 aromatic heterocycles. The number of carbonyl (C=O) groups excluding carboxylic acids is 1. The Kier molecular flexibility index (Phi) is 4.83. The largest absolute Gasteiger partial charge is 0.378 e. The Bertz CT molecular complexity index is 1260. The second-order valence-electron chi connectivity index (χ2n) is 7.59. The third-order valence-corrected chi connectivity index (χ3v) is 5.50. The number of morpholine rings is 1. The van der Waals surface area contributed by atoms with Gasteiger partial charge in [-0.2, -0.15) is 5.10 Å². The van der Waals surface area contributed by atoms with Crippen molar-refractivity contribution in [3.05, 3.63) is 66.9 Å². The molecule has 8 heteroatoms. The molecular weight excluding hydrogens is 394 g/mol. The predicted molar refractivity (Wildman–Crippen MR) is 113 cm³/mol. The molecule has 1 amide bonds. The van der Waals surface area contributed by atoms with Crippen molar-refractivity contribution in [3.8, 4) is 22.3 Å². The lowest BCUT2D eigenvalue weighted by molar-refractivity contribution is -0.903. The molecule has 4 heterocycles. The molecule has 1 aliphatic heterocycles. The molecule has 0 aliphatic carbocycles. The maximum atomic E-state index is 12.9. The number of nitrogens with zero attached hydrogens (tertiary/aromatic N) is 5. The van der Waals surface area contributed by atoms with Crippen molar-refractivity contribution in [1.82, 2.24) is 19.7 Å². The maximum Gasteiger partial charge on any atom is 0.255 e. The summed E-state index contributed by atoms with van der Waals surface area (Å²) in [7, 11) is 1.89. The number of carbonyl (C=O) groups is 1. The summed E-state index contributed by atoms with van der Waals surface area (Å²) >= 11 is 0. The van der Waals surface area contributed by atoms with Crippen LogP contribution in [0.3, 0.4) is 0 Å². The zero-order valence-corrected chi connectivity index (χ0v) is 17.1. The van der Waals surface area contributed by atoms with E-state index in [4.69, 9.17) is 4.74 Å². The van der Waals surface area contributed by atoms with Gasteiger partial charge in [0.2, 0.25) is 12.4 Å². The van der Waals surface area contributed by atoms with Crippen molar-refractivity contribution in [3.63, 3.8) is 0 Å². The third-order valence-electron chi connectivity index (χ3n) is 5.50. The second kappa shape index (κ2) is 7.81. The number of pyridine rings is 2. The molecule has 1 aromatic carbocycles. The minimum Gasteiger partial charge on any atom is -0.378 e. The first-order valence-corrected chi connectivity index (χ1v) is 10.1. The van der Waals surface area contributed by atoms with Gasteiger partial charge in [-0.1, -0.05) is 24.3 Å². The van der Waals surface area contributed by atoms with E-state index in [0.717, 1.165) is 32.4 Å². The van der Waals surface area contributed by atoms with Crippen LogP contribution >= 0.6 is 0 Å². The summed E-state index contributed by atoms with van der Waals surface area (Å²) in [5.41, 5.74) is 4.92. The molecule has 5 rings (SSSR count). The molecule has 0 atom stereocenters. The first-order chi connectivity index (χ1) is 15.1. The number of aryl methyl sites for hydroxylation is 1. The van der Waals surface area contributed by atoms with E-state index < -0.39 is 0 Å². The Morgan fingerprint density at radius 1 is 1.06 bits per heavy atom. The van der Waals surface area contributed by atoms with Crippen LogP contribution in [0.15, 0.2) is 61.3 Å². The fraction of sp³-hybridized carbons (Fsp3) is 0.217. The van der Waals surface area contributed by atoms with Crippen LogP contribution in [0.2, 0.25) is 0 Å². The van der Waals surface area contributed by atoms with Gasteiger partial charge in [-0.25, -0.2) is 4.98 Å². The van der Waals surface area contributed by atoms with Crippen LogP contribution in [0.4, 0.5) is 0 Å². The van der Waals surface area contributed by atoms with Gasteiger partial charge in [0, 0.05) is 48.2 Å². The predicted octanol–water partition coefficient (Wildman–Crippen LogP) is 2.30. The van der Waals surface area contributed by atoms with E-state index in [9.17, 15) is 10.0 Å². The zero-order chi connectivity index (χ0) is 21.4. The first-order valence-electron chi connectivity index (χ1n) is 10.1. The standard InChI is InChI=1S/C23H22N5O3/c1-26-13-19(12-25-26)16-2-4-17(5-3-16)21-14-28(30)15-22-20(21)10-18(11-24-22)23(29)27-6-8-31-9-7-27/h2-5,10-15,30H,6-9H2,1H3/q+1. The van der Waals surface area contributed by atoms with Crippen molar-refractivity contribution in [2.24, 2.45) is 7.05 Å². The average Bonchev–Trinajstić information content (AvgIpc) is 3.25. The van der Waals surface area contributed by atoms with E-state index >= 15 is 0 Å². The quantitative estimate of drug-likeness (QED) is 0.409. The molecule has 1 fully saturated rings. The number of amides is 1. The summed E-state index contributed by atoms with van der Waals surface area (Å²) in [6.45, 7) is 2.24. The summed E-state index contributed by atoms with van der Waals surface area (Å²) in [4.78, 5) is 19.2. The van der Waals surface area contributed by atoms with Gasteiger partial charge in [-0.3, -0.25) is 14.7 Å². The van der Waals surface area contributed by atoms with Crippen molar-refractivity contribution < 1.29 is 19.5 Å². The Balaban J connectivity index is 1.55. The molecule has 0 unspecified atom stereocenters. The monoisotopic (exact) mass is 416 g/mol. The molecular formula is C23H22N5O3+. The number of rotatable bonds is 3. The highest BCUT2D eigenvalue weighted by Gasteiger charge is 2.21. The maximum absolute atomic E-state index is 12.9. The average molecular weight is 416 g/mol. The molecule has 1 aliphatic rings. The number of aromatic nitrogens is 4. The lowest BCUT2D eigenvalue weighted by atomic mass is 9.99. The van der Waals surface area contributed by atoms with E-state index in [1.165, 1.54) is 6.20 Å². The van der Waals surface area contributed by atoms with Gasteiger partial charge in [-0.15, -0.1) is 0 Å². The molecule has 1 saturated heterocycles. The van der Waals surface area contributed by atoms with Gasteiger partial charge >= 0.3 is 0 Å². The third kappa shape index (κ3) is 3.73. The molecule has 8 nitrogen and oxygen atoms in total. The van der Waals surface area contributed by atoms with Crippen LogP contribution in [-0.2, 0) is 11.8 Å². The summed E-state index contributed by atoms with van der Waals surface area (Å²) in [5, 5.41) is 15.2. The van der Waals surface area contributed by atoms with E-state index in [-0.39, 0.29) is 5.91 Å². The zero-order valence-electron chi connectivity index (χ0n) is 17.1. The topological polar surface area (TPSA) is 84.4 Å². The summed E-state index contributed by atoms with van der Waals surface area (Å²) < 4.78 is 8.11. The molecule has 156 valence electrons. The fourth-order valence-electron chi connectivity index (χ4n) is 3.87. The Morgan fingerprint density at radius 2 is 1.81 bits per heavy atom. The summed E-state index contributed by atoms with van der Waals surface area (Å²) in [6, 6.07) is 9.87. The Labute approximate surface area is 178 Å². The molecule has 4 aromatic rings. The van der Waals surface area contributed by atoms with Crippen molar-refractivity contribution in [2.75, 3.05) is 26.3 Å². The van der Waals surface area contributed by atoms with Crippen LogP contribution in [0.25, 0.3) is 33.2 Å². The molecule has 31 heavy (non-hydrogen) atoms. The Hall–Kier alpha value is -3.78. The fourth-order valence-corrected chi connectivity index (χ4v) is 3.87. The van der Waals surface area contributed by atoms with Gasteiger partial charge in [-0.05, 0) is 17.2 Å². The summed E-state index contributed by atoms with van der Waals surface area (Å²) in [6.07, 6.45) is 8.51. The number of hydrogen-bond acceptors (Lipinski definition) is 5. The van der Waals surface area contributed by atoms with Gasteiger partial charge in [0.05, 0.1) is 30.5 Å². The van der Waals surface area contributed by atoms with Crippen LogP contribution in [0.1, 0.15) is 10.4 Å². The minimum atomic E-state index is -0.0590. The normalized spacial score (nSPS) is 14.2. The second-order valence-corrected chi connectivity index (χ2v) is 7.59. The van der Waals surface area contributed by atoms with Crippen LogP contribution < -0.4 is 4.73 Å². The van der Waals surface area contributed by atoms with E-state index in [0.29, 0.717) is 37.4 Å². The first kappa shape index (κ1) is 19.2. The van der Waals surface area contributed by atoms with Crippen molar-refractivity contribution >= 4 is 16.8 Å². The van der Waals surface area contributed by atoms with Gasteiger partial charge < -0.3 is 9.64 Å².